The Hall–Kier alpha value is -3.93. The van der Waals surface area contributed by atoms with Crippen molar-refractivity contribution in [1.82, 2.24) is 14.8 Å². The van der Waals surface area contributed by atoms with Gasteiger partial charge in [-0.15, -0.1) is 5.10 Å². The smallest absolute Gasteiger partial charge is 0.295 e. The van der Waals surface area contributed by atoms with Crippen LogP contribution in [-0.2, 0) is 0 Å². The minimum absolute atomic E-state index is 0.0823. The molecule has 1 N–H and O–H groups in total. The predicted molar refractivity (Wildman–Crippen MR) is 117 cm³/mol. The molecule has 0 unspecified atom stereocenters. The zero-order valence-corrected chi connectivity index (χ0v) is 17.1. The van der Waals surface area contributed by atoms with Gasteiger partial charge in [-0.3, -0.25) is 4.79 Å². The molecular formula is C24H22N4O2. The van der Waals surface area contributed by atoms with E-state index in [4.69, 9.17) is 4.74 Å². The van der Waals surface area contributed by atoms with Gasteiger partial charge in [0.1, 0.15) is 5.75 Å². The summed E-state index contributed by atoms with van der Waals surface area (Å²) in [5, 5.41) is 7.37. The number of anilines is 1. The van der Waals surface area contributed by atoms with Crippen LogP contribution >= 0.6 is 0 Å². The highest BCUT2D eigenvalue weighted by Gasteiger charge is 2.20. The second-order valence-corrected chi connectivity index (χ2v) is 7.03. The molecule has 6 nitrogen and oxygen atoms in total. The second kappa shape index (κ2) is 8.21. The van der Waals surface area contributed by atoms with Crippen molar-refractivity contribution in [1.29, 1.82) is 0 Å². The number of carbonyl (C=O) groups excluding carboxylic acids is 1. The van der Waals surface area contributed by atoms with E-state index in [2.05, 4.69) is 15.4 Å². The number of nitrogens with zero attached hydrogens (tertiary/aromatic N) is 3. The van der Waals surface area contributed by atoms with Crippen molar-refractivity contribution in [3.05, 3.63) is 89.7 Å². The van der Waals surface area contributed by atoms with Crippen molar-refractivity contribution < 1.29 is 9.53 Å². The van der Waals surface area contributed by atoms with Gasteiger partial charge in [-0.1, -0.05) is 48.0 Å². The molecule has 1 amide bonds. The van der Waals surface area contributed by atoms with E-state index in [1.807, 2.05) is 74.5 Å². The maximum atomic E-state index is 12.9. The lowest BCUT2D eigenvalue weighted by Crippen LogP contribution is -2.15. The van der Waals surface area contributed by atoms with E-state index in [-0.39, 0.29) is 5.82 Å². The number of amides is 1. The number of aromatic nitrogens is 3. The minimum Gasteiger partial charge on any atom is -0.495 e. The molecule has 3 aromatic carbocycles. The van der Waals surface area contributed by atoms with Crippen LogP contribution in [-0.4, -0.2) is 27.8 Å². The zero-order valence-electron chi connectivity index (χ0n) is 17.1. The van der Waals surface area contributed by atoms with E-state index in [9.17, 15) is 4.79 Å². The SMILES string of the molecule is COc1ccccc1NC(=O)c1nc(-c2cccc(C)c2)n(-c2cccc(C)c2)n1. The van der Waals surface area contributed by atoms with Crippen LogP contribution < -0.4 is 10.1 Å². The van der Waals surface area contributed by atoms with E-state index < -0.39 is 5.91 Å². The monoisotopic (exact) mass is 398 g/mol. The van der Waals surface area contributed by atoms with Gasteiger partial charge in [0.15, 0.2) is 5.82 Å². The van der Waals surface area contributed by atoms with Crippen molar-refractivity contribution in [3.8, 4) is 22.8 Å². The number of ether oxygens (including phenoxy) is 1. The van der Waals surface area contributed by atoms with Gasteiger partial charge in [0.25, 0.3) is 5.91 Å². The lowest BCUT2D eigenvalue weighted by atomic mass is 10.1. The highest BCUT2D eigenvalue weighted by atomic mass is 16.5. The molecule has 0 spiro atoms. The van der Waals surface area contributed by atoms with Gasteiger partial charge in [-0.2, -0.15) is 0 Å². The van der Waals surface area contributed by atoms with Crippen LogP contribution in [0.5, 0.6) is 5.75 Å². The summed E-state index contributed by atoms with van der Waals surface area (Å²) in [6.07, 6.45) is 0. The number of nitrogens with one attached hydrogen (secondary N) is 1. The van der Waals surface area contributed by atoms with Gasteiger partial charge < -0.3 is 10.1 Å². The number of aryl methyl sites for hydroxylation is 2. The molecule has 0 saturated carbocycles. The fraction of sp³-hybridized carbons (Fsp3) is 0.125. The summed E-state index contributed by atoms with van der Waals surface area (Å²) >= 11 is 0. The first kappa shape index (κ1) is 19.4. The third-order valence-corrected chi connectivity index (χ3v) is 4.69. The standard InChI is InChI=1S/C24H22N4O2/c1-16-8-6-10-18(14-16)23-26-22(27-28(23)19-11-7-9-17(2)15-19)24(29)25-20-12-4-5-13-21(20)30-3/h4-15H,1-3H3,(H,25,29). The Bertz CT molecular complexity index is 1150. The Labute approximate surface area is 175 Å². The lowest BCUT2D eigenvalue weighted by molar-refractivity contribution is 0.101. The molecule has 0 aliphatic heterocycles. The Morgan fingerprint density at radius 2 is 1.67 bits per heavy atom. The lowest BCUT2D eigenvalue weighted by Gasteiger charge is -2.08. The number of carbonyl (C=O) groups is 1. The van der Waals surface area contributed by atoms with Gasteiger partial charge in [0.2, 0.25) is 5.82 Å². The van der Waals surface area contributed by atoms with Gasteiger partial charge in [0, 0.05) is 5.56 Å². The molecule has 0 aliphatic carbocycles. The van der Waals surface area contributed by atoms with E-state index in [0.717, 1.165) is 22.4 Å². The fourth-order valence-electron chi connectivity index (χ4n) is 3.25. The Morgan fingerprint density at radius 3 is 2.40 bits per heavy atom. The molecule has 1 aromatic heterocycles. The highest BCUT2D eigenvalue weighted by molar-refractivity contribution is 6.02. The largest absolute Gasteiger partial charge is 0.495 e. The van der Waals surface area contributed by atoms with Crippen LogP contribution in [0.4, 0.5) is 5.69 Å². The van der Waals surface area contributed by atoms with Crippen LogP contribution in [0.2, 0.25) is 0 Å². The van der Waals surface area contributed by atoms with E-state index in [1.54, 1.807) is 23.9 Å². The van der Waals surface area contributed by atoms with Gasteiger partial charge in [0.05, 0.1) is 18.5 Å². The number of hydrogen-bond donors (Lipinski definition) is 1. The normalized spacial score (nSPS) is 10.6. The van der Waals surface area contributed by atoms with Crippen LogP contribution in [0, 0.1) is 13.8 Å². The van der Waals surface area contributed by atoms with Gasteiger partial charge in [-0.25, -0.2) is 9.67 Å². The average molecular weight is 398 g/mol. The summed E-state index contributed by atoms with van der Waals surface area (Å²) < 4.78 is 7.02. The maximum Gasteiger partial charge on any atom is 0.295 e. The molecule has 0 radical (unpaired) electrons. The Morgan fingerprint density at radius 1 is 0.933 bits per heavy atom. The van der Waals surface area contributed by atoms with E-state index in [0.29, 0.717) is 17.3 Å². The Kier molecular flexibility index (Phi) is 5.30. The summed E-state index contributed by atoms with van der Waals surface area (Å²) in [6.45, 7) is 4.04. The predicted octanol–water partition coefficient (Wildman–Crippen LogP) is 4.81. The number of hydrogen-bond acceptors (Lipinski definition) is 4. The molecule has 4 aromatic rings. The topological polar surface area (TPSA) is 69.0 Å². The molecule has 150 valence electrons. The number of rotatable bonds is 5. The molecular weight excluding hydrogens is 376 g/mol. The molecule has 1 heterocycles. The van der Waals surface area contributed by atoms with E-state index in [1.165, 1.54) is 0 Å². The molecule has 0 saturated heterocycles. The van der Waals surface area contributed by atoms with Crippen LogP contribution in [0.15, 0.2) is 72.8 Å². The number of methoxy groups -OCH3 is 1. The average Bonchev–Trinajstić information content (AvgIpc) is 3.20. The fourth-order valence-corrected chi connectivity index (χ4v) is 3.25. The summed E-state index contributed by atoms with van der Waals surface area (Å²) in [4.78, 5) is 17.5. The quantitative estimate of drug-likeness (QED) is 0.524. The third kappa shape index (κ3) is 3.93. The van der Waals surface area contributed by atoms with Crippen molar-refractivity contribution >= 4 is 11.6 Å². The van der Waals surface area contributed by atoms with Crippen molar-refractivity contribution in [2.45, 2.75) is 13.8 Å². The molecule has 0 atom stereocenters. The summed E-state index contributed by atoms with van der Waals surface area (Å²) in [5.41, 5.74) is 4.49. The zero-order chi connectivity index (χ0) is 21.1. The highest BCUT2D eigenvalue weighted by Crippen LogP contribution is 2.25. The molecule has 30 heavy (non-hydrogen) atoms. The number of para-hydroxylation sites is 2. The first-order valence-electron chi connectivity index (χ1n) is 9.60. The molecule has 4 rings (SSSR count). The van der Waals surface area contributed by atoms with Gasteiger partial charge >= 0.3 is 0 Å². The molecule has 0 fully saturated rings. The molecule has 0 bridgehead atoms. The first-order chi connectivity index (χ1) is 14.5. The first-order valence-corrected chi connectivity index (χ1v) is 9.60. The van der Waals surface area contributed by atoms with Crippen molar-refractivity contribution in [3.63, 3.8) is 0 Å². The summed E-state index contributed by atoms with van der Waals surface area (Å²) in [5.74, 6) is 0.857. The van der Waals surface area contributed by atoms with Gasteiger partial charge in [-0.05, 0) is 49.7 Å². The Balaban J connectivity index is 1.78. The summed E-state index contributed by atoms with van der Waals surface area (Å²) in [7, 11) is 1.56. The maximum absolute atomic E-state index is 12.9. The van der Waals surface area contributed by atoms with Crippen LogP contribution in [0.1, 0.15) is 21.7 Å². The van der Waals surface area contributed by atoms with Crippen LogP contribution in [0.25, 0.3) is 17.1 Å². The minimum atomic E-state index is -0.403. The summed E-state index contributed by atoms with van der Waals surface area (Å²) in [6, 6.07) is 23.1. The molecule has 0 aliphatic rings. The van der Waals surface area contributed by atoms with Crippen molar-refractivity contribution in [2.75, 3.05) is 12.4 Å². The third-order valence-electron chi connectivity index (χ3n) is 4.69. The van der Waals surface area contributed by atoms with Crippen molar-refractivity contribution in [2.24, 2.45) is 0 Å². The van der Waals surface area contributed by atoms with E-state index >= 15 is 0 Å². The number of benzene rings is 3. The molecule has 6 heteroatoms. The second-order valence-electron chi connectivity index (χ2n) is 7.03. The van der Waals surface area contributed by atoms with Crippen LogP contribution in [0.3, 0.4) is 0 Å².